The molecule has 0 aliphatic rings. The summed E-state index contributed by atoms with van der Waals surface area (Å²) >= 11 is 6.59. The summed E-state index contributed by atoms with van der Waals surface area (Å²) in [6, 6.07) is 3.32. The van der Waals surface area contributed by atoms with Crippen molar-refractivity contribution in [2.24, 2.45) is 5.84 Å². The molecule has 0 unspecified atom stereocenters. The number of hydrogen-bond acceptors (Lipinski definition) is 3. The van der Waals surface area contributed by atoms with Gasteiger partial charge in [0.2, 0.25) is 0 Å². The van der Waals surface area contributed by atoms with Crippen molar-refractivity contribution in [3.63, 3.8) is 0 Å². The van der Waals surface area contributed by atoms with Gasteiger partial charge in [-0.25, -0.2) is 5.84 Å². The van der Waals surface area contributed by atoms with Gasteiger partial charge >= 0.3 is 0 Å². The standard InChI is InChI=1S/C8H8Br2N2O2/c1-14-7-3-6(10)5(9)2-4(7)8(13)12-11/h2-3H,11H2,1H3,(H,12,13). The lowest BCUT2D eigenvalue weighted by molar-refractivity contribution is 0.0950. The van der Waals surface area contributed by atoms with E-state index in [-0.39, 0.29) is 0 Å². The van der Waals surface area contributed by atoms with Gasteiger partial charge in [-0.3, -0.25) is 10.2 Å². The fraction of sp³-hybridized carbons (Fsp3) is 0.125. The Morgan fingerprint density at radius 1 is 1.43 bits per heavy atom. The predicted molar refractivity (Wildman–Crippen MR) is 60.0 cm³/mol. The molecule has 0 aromatic heterocycles. The van der Waals surface area contributed by atoms with E-state index in [1.807, 2.05) is 5.43 Å². The van der Waals surface area contributed by atoms with Crippen molar-refractivity contribution in [3.8, 4) is 5.75 Å². The summed E-state index contributed by atoms with van der Waals surface area (Å²) in [5.41, 5.74) is 2.43. The minimum absolute atomic E-state index is 0.380. The van der Waals surface area contributed by atoms with Crippen molar-refractivity contribution >= 4 is 37.8 Å². The molecule has 0 aliphatic heterocycles. The number of carbonyl (C=O) groups excluding carboxylic acids is 1. The third-order valence-corrected chi connectivity index (χ3v) is 3.46. The number of benzene rings is 1. The molecule has 0 saturated heterocycles. The number of nitrogens with one attached hydrogen (secondary N) is 1. The number of rotatable bonds is 2. The summed E-state index contributed by atoms with van der Waals surface area (Å²) in [6.45, 7) is 0. The highest BCUT2D eigenvalue weighted by molar-refractivity contribution is 9.13. The molecule has 1 aromatic rings. The van der Waals surface area contributed by atoms with Crippen molar-refractivity contribution in [1.29, 1.82) is 0 Å². The van der Waals surface area contributed by atoms with E-state index >= 15 is 0 Å². The maximum atomic E-state index is 11.3. The minimum atomic E-state index is -0.393. The Hall–Kier alpha value is -0.590. The normalized spacial score (nSPS) is 9.71. The third kappa shape index (κ3) is 2.26. The van der Waals surface area contributed by atoms with Gasteiger partial charge < -0.3 is 4.74 Å². The molecular weight excluding hydrogens is 316 g/mol. The Kier molecular flexibility index (Phi) is 3.91. The second-order valence-electron chi connectivity index (χ2n) is 2.44. The average molecular weight is 324 g/mol. The molecule has 0 fully saturated rings. The molecule has 3 N–H and O–H groups in total. The lowest BCUT2D eigenvalue weighted by Crippen LogP contribution is -2.30. The van der Waals surface area contributed by atoms with Crippen LogP contribution in [0.15, 0.2) is 21.1 Å². The highest BCUT2D eigenvalue weighted by atomic mass is 79.9. The Morgan fingerprint density at radius 2 is 2.00 bits per heavy atom. The smallest absolute Gasteiger partial charge is 0.268 e. The largest absolute Gasteiger partial charge is 0.496 e. The van der Waals surface area contributed by atoms with Crippen molar-refractivity contribution < 1.29 is 9.53 Å². The summed E-state index contributed by atoms with van der Waals surface area (Å²) in [5, 5.41) is 0. The number of hydrazine groups is 1. The van der Waals surface area contributed by atoms with Crippen LogP contribution < -0.4 is 16.0 Å². The van der Waals surface area contributed by atoms with Crippen LogP contribution in [0.25, 0.3) is 0 Å². The van der Waals surface area contributed by atoms with Crippen LogP contribution >= 0.6 is 31.9 Å². The van der Waals surface area contributed by atoms with Crippen LogP contribution in [0.1, 0.15) is 10.4 Å². The first-order valence-electron chi connectivity index (χ1n) is 3.64. The minimum Gasteiger partial charge on any atom is -0.496 e. The molecule has 1 aromatic carbocycles. The van der Waals surface area contributed by atoms with Gasteiger partial charge in [-0.2, -0.15) is 0 Å². The van der Waals surface area contributed by atoms with Crippen LogP contribution in [0.2, 0.25) is 0 Å². The van der Waals surface area contributed by atoms with Gasteiger partial charge in [0.15, 0.2) is 0 Å². The quantitative estimate of drug-likeness (QED) is 0.496. The number of ether oxygens (including phenoxy) is 1. The fourth-order valence-electron chi connectivity index (χ4n) is 0.953. The lowest BCUT2D eigenvalue weighted by Gasteiger charge is -2.08. The first kappa shape index (κ1) is 11.5. The van der Waals surface area contributed by atoms with Gasteiger partial charge in [0, 0.05) is 8.95 Å². The summed E-state index contributed by atoms with van der Waals surface area (Å²) in [6.07, 6.45) is 0. The average Bonchev–Trinajstić information content (AvgIpc) is 2.20. The molecule has 6 heteroatoms. The number of halogens is 2. The highest BCUT2D eigenvalue weighted by Crippen LogP contribution is 2.30. The van der Waals surface area contributed by atoms with Crippen LogP contribution in [0.5, 0.6) is 5.75 Å². The molecule has 0 radical (unpaired) electrons. The summed E-state index contributed by atoms with van der Waals surface area (Å²) in [4.78, 5) is 11.3. The van der Waals surface area contributed by atoms with E-state index in [9.17, 15) is 4.79 Å². The second kappa shape index (κ2) is 4.77. The van der Waals surface area contributed by atoms with Gasteiger partial charge in [-0.15, -0.1) is 0 Å². The number of amides is 1. The highest BCUT2D eigenvalue weighted by Gasteiger charge is 2.13. The fourth-order valence-corrected chi connectivity index (χ4v) is 1.62. The first-order valence-corrected chi connectivity index (χ1v) is 5.22. The predicted octanol–water partition coefficient (Wildman–Crippen LogP) is 1.82. The zero-order valence-electron chi connectivity index (χ0n) is 7.30. The van der Waals surface area contributed by atoms with Crippen LogP contribution in [-0.2, 0) is 0 Å². The molecular formula is C8H8Br2N2O2. The van der Waals surface area contributed by atoms with Crippen molar-refractivity contribution in [2.45, 2.75) is 0 Å². The Balaban J connectivity index is 3.27. The second-order valence-corrected chi connectivity index (χ2v) is 4.15. The molecule has 0 atom stereocenters. The monoisotopic (exact) mass is 322 g/mol. The van der Waals surface area contributed by atoms with Gasteiger partial charge in [-0.1, -0.05) is 0 Å². The van der Waals surface area contributed by atoms with E-state index in [4.69, 9.17) is 10.6 Å². The van der Waals surface area contributed by atoms with E-state index in [1.165, 1.54) is 7.11 Å². The first-order chi connectivity index (χ1) is 6.60. The molecule has 0 spiro atoms. The molecule has 0 heterocycles. The van der Waals surface area contributed by atoms with Crippen LogP contribution in [0, 0.1) is 0 Å². The Morgan fingerprint density at radius 3 is 2.50 bits per heavy atom. The summed E-state index contributed by atoms with van der Waals surface area (Å²) in [7, 11) is 1.49. The van der Waals surface area contributed by atoms with E-state index in [1.54, 1.807) is 12.1 Å². The van der Waals surface area contributed by atoms with Crippen molar-refractivity contribution in [3.05, 3.63) is 26.6 Å². The maximum absolute atomic E-state index is 11.3. The van der Waals surface area contributed by atoms with Crippen molar-refractivity contribution in [2.75, 3.05) is 7.11 Å². The summed E-state index contributed by atoms with van der Waals surface area (Å²) in [5.74, 6) is 5.10. The number of methoxy groups -OCH3 is 1. The Bertz CT molecular complexity index is 369. The van der Waals surface area contributed by atoms with Gasteiger partial charge in [0.05, 0.1) is 12.7 Å². The SMILES string of the molecule is COc1cc(Br)c(Br)cc1C(=O)NN. The Labute approximate surface area is 98.0 Å². The molecule has 1 rings (SSSR count). The topological polar surface area (TPSA) is 64.3 Å². The zero-order valence-corrected chi connectivity index (χ0v) is 10.5. The third-order valence-electron chi connectivity index (χ3n) is 1.62. The van der Waals surface area contributed by atoms with E-state index < -0.39 is 5.91 Å². The van der Waals surface area contributed by atoms with Crippen molar-refractivity contribution in [1.82, 2.24) is 5.43 Å². The molecule has 14 heavy (non-hydrogen) atoms. The van der Waals surface area contributed by atoms with E-state index in [2.05, 4.69) is 31.9 Å². The maximum Gasteiger partial charge on any atom is 0.268 e. The van der Waals surface area contributed by atoms with E-state index in [0.29, 0.717) is 11.3 Å². The molecule has 1 amide bonds. The number of carbonyl (C=O) groups is 1. The lowest BCUT2D eigenvalue weighted by atomic mass is 10.2. The zero-order chi connectivity index (χ0) is 10.7. The van der Waals surface area contributed by atoms with Crippen LogP contribution in [0.4, 0.5) is 0 Å². The number of nitrogen functional groups attached to an aromatic ring is 1. The van der Waals surface area contributed by atoms with E-state index in [0.717, 1.165) is 8.95 Å². The molecule has 4 nitrogen and oxygen atoms in total. The van der Waals surface area contributed by atoms with Crippen LogP contribution in [0.3, 0.4) is 0 Å². The van der Waals surface area contributed by atoms with Gasteiger partial charge in [0.25, 0.3) is 5.91 Å². The van der Waals surface area contributed by atoms with Gasteiger partial charge in [0.1, 0.15) is 5.75 Å². The molecule has 0 saturated carbocycles. The summed E-state index contributed by atoms with van der Waals surface area (Å²) < 4.78 is 6.61. The number of nitrogens with two attached hydrogens (primary N) is 1. The van der Waals surface area contributed by atoms with Crippen LogP contribution in [-0.4, -0.2) is 13.0 Å². The molecule has 0 aliphatic carbocycles. The number of hydrogen-bond donors (Lipinski definition) is 2. The molecule has 0 bridgehead atoms. The molecule has 76 valence electrons. The van der Waals surface area contributed by atoms with Gasteiger partial charge in [-0.05, 0) is 44.0 Å².